The third-order valence-electron chi connectivity index (χ3n) is 4.03. The van der Waals surface area contributed by atoms with Gasteiger partial charge in [-0.25, -0.2) is 0 Å². The van der Waals surface area contributed by atoms with Crippen molar-refractivity contribution in [3.63, 3.8) is 0 Å². The maximum absolute atomic E-state index is 12.6. The molecular weight excluding hydrogens is 263 g/mol. The molecule has 1 N–H and O–H groups in total. The largest absolute Gasteiger partial charge is 0.416 e. The molecule has 20 heavy (non-hydrogen) atoms. The highest BCUT2D eigenvalue weighted by Crippen LogP contribution is 2.30. The van der Waals surface area contributed by atoms with Crippen LogP contribution in [0.5, 0.6) is 0 Å². The lowest BCUT2D eigenvalue weighted by Crippen LogP contribution is -2.35. The molecule has 0 saturated heterocycles. The molecule has 1 aliphatic carbocycles. The first-order chi connectivity index (χ1) is 9.34. The van der Waals surface area contributed by atoms with Crippen LogP contribution in [0.3, 0.4) is 0 Å². The number of alkyl halides is 3. The van der Waals surface area contributed by atoms with Gasteiger partial charge in [0.05, 0.1) is 5.56 Å². The summed E-state index contributed by atoms with van der Waals surface area (Å²) in [7, 11) is 0. The Morgan fingerprint density at radius 3 is 2.35 bits per heavy atom. The van der Waals surface area contributed by atoms with Crippen molar-refractivity contribution in [2.75, 3.05) is 0 Å². The normalized spacial score (nSPS) is 27.6. The highest BCUT2D eigenvalue weighted by molar-refractivity contribution is 5.25. The molecule has 112 valence electrons. The van der Waals surface area contributed by atoms with E-state index in [9.17, 15) is 13.2 Å². The molecule has 2 atom stereocenters. The summed E-state index contributed by atoms with van der Waals surface area (Å²) in [5, 5.41) is 3.41. The fourth-order valence-corrected chi connectivity index (χ4v) is 3.23. The van der Waals surface area contributed by atoms with Crippen LogP contribution in [0.1, 0.15) is 44.2 Å². The van der Waals surface area contributed by atoms with Crippen molar-refractivity contribution in [1.29, 1.82) is 0 Å². The predicted octanol–water partition coefficient (Wildman–Crippen LogP) is 4.62. The predicted molar refractivity (Wildman–Crippen MR) is 74.3 cm³/mol. The average molecular weight is 285 g/mol. The summed E-state index contributed by atoms with van der Waals surface area (Å²) >= 11 is 0. The minimum atomic E-state index is -4.26. The van der Waals surface area contributed by atoms with E-state index in [4.69, 9.17) is 0 Å². The van der Waals surface area contributed by atoms with Crippen molar-refractivity contribution in [3.05, 3.63) is 35.4 Å². The summed E-state index contributed by atoms with van der Waals surface area (Å²) in [4.78, 5) is 0. The Balaban J connectivity index is 1.94. The van der Waals surface area contributed by atoms with Gasteiger partial charge in [0.1, 0.15) is 0 Å². The lowest BCUT2D eigenvalue weighted by molar-refractivity contribution is -0.137. The molecule has 0 radical (unpaired) electrons. The summed E-state index contributed by atoms with van der Waals surface area (Å²) < 4.78 is 37.9. The second kappa shape index (κ2) is 6.17. The van der Waals surface area contributed by atoms with Crippen LogP contribution in [0, 0.1) is 11.8 Å². The van der Waals surface area contributed by atoms with E-state index in [1.807, 2.05) is 0 Å². The lowest BCUT2D eigenvalue weighted by atomic mass is 9.80. The second-order valence-corrected chi connectivity index (χ2v) is 6.19. The second-order valence-electron chi connectivity index (χ2n) is 6.19. The Morgan fingerprint density at radius 1 is 1.10 bits per heavy atom. The Kier molecular flexibility index (Phi) is 4.74. The summed E-state index contributed by atoms with van der Waals surface area (Å²) in [6, 6.07) is 6.00. The number of halogens is 3. The molecule has 4 heteroatoms. The molecule has 0 spiro atoms. The van der Waals surface area contributed by atoms with Gasteiger partial charge in [0.15, 0.2) is 0 Å². The van der Waals surface area contributed by atoms with Gasteiger partial charge in [0, 0.05) is 12.6 Å². The molecule has 1 fully saturated rings. The lowest BCUT2D eigenvalue weighted by Gasteiger charge is -2.32. The SMILES string of the molecule is CC1CC(C)CC(NCc2cccc(C(F)(F)F)c2)C1. The van der Waals surface area contributed by atoms with Crippen molar-refractivity contribution in [3.8, 4) is 0 Å². The number of benzene rings is 1. The summed E-state index contributed by atoms with van der Waals surface area (Å²) in [6.07, 6.45) is -0.780. The number of hydrogen-bond acceptors (Lipinski definition) is 1. The average Bonchev–Trinajstić information content (AvgIpc) is 2.35. The molecule has 1 aromatic carbocycles. The maximum atomic E-state index is 12.6. The van der Waals surface area contributed by atoms with Crippen molar-refractivity contribution in [2.45, 2.75) is 51.9 Å². The van der Waals surface area contributed by atoms with E-state index in [1.54, 1.807) is 6.07 Å². The molecule has 0 aromatic heterocycles. The number of nitrogens with one attached hydrogen (secondary N) is 1. The van der Waals surface area contributed by atoms with Gasteiger partial charge >= 0.3 is 6.18 Å². The van der Waals surface area contributed by atoms with Crippen LogP contribution in [0.25, 0.3) is 0 Å². The van der Waals surface area contributed by atoms with Crippen LogP contribution in [-0.2, 0) is 12.7 Å². The third kappa shape index (κ3) is 4.23. The van der Waals surface area contributed by atoms with Gasteiger partial charge in [-0.3, -0.25) is 0 Å². The molecule has 2 rings (SSSR count). The summed E-state index contributed by atoms with van der Waals surface area (Å²) in [5.74, 6) is 1.38. The summed E-state index contributed by atoms with van der Waals surface area (Å²) in [5.41, 5.74) is 0.132. The molecule has 0 bridgehead atoms. The molecule has 0 amide bonds. The maximum Gasteiger partial charge on any atom is 0.416 e. The van der Waals surface area contributed by atoms with E-state index >= 15 is 0 Å². The van der Waals surface area contributed by atoms with Crippen LogP contribution < -0.4 is 5.32 Å². The van der Waals surface area contributed by atoms with E-state index in [0.717, 1.165) is 18.9 Å². The Morgan fingerprint density at radius 2 is 1.75 bits per heavy atom. The van der Waals surface area contributed by atoms with Crippen molar-refractivity contribution in [1.82, 2.24) is 5.32 Å². The van der Waals surface area contributed by atoms with Crippen LogP contribution in [0.4, 0.5) is 13.2 Å². The van der Waals surface area contributed by atoms with Gasteiger partial charge in [-0.2, -0.15) is 13.2 Å². The first-order valence-electron chi connectivity index (χ1n) is 7.24. The fourth-order valence-electron chi connectivity index (χ4n) is 3.23. The van der Waals surface area contributed by atoms with E-state index in [0.29, 0.717) is 30.0 Å². The van der Waals surface area contributed by atoms with Gasteiger partial charge < -0.3 is 5.32 Å². The minimum absolute atomic E-state index is 0.420. The van der Waals surface area contributed by atoms with E-state index < -0.39 is 11.7 Å². The summed E-state index contributed by atoms with van der Waals surface area (Å²) in [6.45, 7) is 5.00. The van der Waals surface area contributed by atoms with Gasteiger partial charge in [-0.15, -0.1) is 0 Å². The molecule has 1 aliphatic rings. The zero-order valence-corrected chi connectivity index (χ0v) is 12.0. The van der Waals surface area contributed by atoms with Crippen molar-refractivity contribution >= 4 is 0 Å². The Hall–Kier alpha value is -1.03. The number of hydrogen-bond donors (Lipinski definition) is 1. The van der Waals surface area contributed by atoms with Gasteiger partial charge in [0.25, 0.3) is 0 Å². The number of rotatable bonds is 3. The fraction of sp³-hybridized carbons (Fsp3) is 0.625. The quantitative estimate of drug-likeness (QED) is 0.854. The van der Waals surface area contributed by atoms with Crippen LogP contribution >= 0.6 is 0 Å². The van der Waals surface area contributed by atoms with Gasteiger partial charge in [-0.05, 0) is 42.7 Å². The standard InChI is InChI=1S/C16H22F3N/c1-11-6-12(2)8-15(7-11)20-10-13-4-3-5-14(9-13)16(17,18)19/h3-5,9,11-12,15,20H,6-8,10H2,1-2H3. The monoisotopic (exact) mass is 285 g/mol. The van der Waals surface area contributed by atoms with Crippen LogP contribution in [0.2, 0.25) is 0 Å². The molecule has 2 unspecified atom stereocenters. The first kappa shape index (κ1) is 15.4. The van der Waals surface area contributed by atoms with Crippen LogP contribution in [0.15, 0.2) is 24.3 Å². The minimum Gasteiger partial charge on any atom is -0.310 e. The van der Waals surface area contributed by atoms with Crippen LogP contribution in [-0.4, -0.2) is 6.04 Å². The zero-order valence-electron chi connectivity index (χ0n) is 12.0. The zero-order chi connectivity index (χ0) is 14.8. The topological polar surface area (TPSA) is 12.0 Å². The Bertz CT molecular complexity index is 432. The molecule has 1 nitrogen and oxygen atoms in total. The first-order valence-corrected chi connectivity index (χ1v) is 7.24. The van der Waals surface area contributed by atoms with E-state index in [2.05, 4.69) is 19.2 Å². The third-order valence-corrected chi connectivity index (χ3v) is 4.03. The molecule has 0 aliphatic heterocycles. The highest BCUT2D eigenvalue weighted by atomic mass is 19.4. The van der Waals surface area contributed by atoms with Crippen molar-refractivity contribution in [2.24, 2.45) is 11.8 Å². The van der Waals surface area contributed by atoms with Gasteiger partial charge in [0.2, 0.25) is 0 Å². The Labute approximate surface area is 118 Å². The molecule has 1 aromatic rings. The highest BCUT2D eigenvalue weighted by Gasteiger charge is 2.30. The molecule has 0 heterocycles. The van der Waals surface area contributed by atoms with E-state index in [-0.39, 0.29) is 0 Å². The van der Waals surface area contributed by atoms with Crippen molar-refractivity contribution < 1.29 is 13.2 Å². The molecule has 1 saturated carbocycles. The van der Waals surface area contributed by atoms with Gasteiger partial charge in [-0.1, -0.05) is 32.0 Å². The molecular formula is C16H22F3N. The smallest absolute Gasteiger partial charge is 0.310 e. The van der Waals surface area contributed by atoms with E-state index in [1.165, 1.54) is 18.6 Å².